The highest BCUT2D eigenvalue weighted by Crippen LogP contribution is 2.26. The Morgan fingerprint density at radius 3 is 2.64 bits per heavy atom. The molecule has 0 saturated carbocycles. The Labute approximate surface area is 169 Å². The third-order valence-electron chi connectivity index (χ3n) is 5.70. The standard InChI is InChI=1S/C19H27ClN6O2/c20-14-3-1-13(2-4-14)9-16-12-28-17(11-27)10-26(16)15-5-7-25(8-6-15)19-22-18(21)23-24-19/h1-4,15-17,27H,5-12H2,(H3,21,22,23,24). The van der Waals surface area contributed by atoms with Crippen molar-refractivity contribution in [3.8, 4) is 0 Å². The zero-order chi connectivity index (χ0) is 19.5. The lowest BCUT2D eigenvalue weighted by atomic mass is 9.96. The van der Waals surface area contributed by atoms with Crippen molar-refractivity contribution in [2.24, 2.45) is 0 Å². The number of aliphatic hydroxyl groups is 1. The van der Waals surface area contributed by atoms with Crippen LogP contribution in [-0.2, 0) is 11.2 Å². The van der Waals surface area contributed by atoms with Gasteiger partial charge in [-0.1, -0.05) is 23.7 Å². The van der Waals surface area contributed by atoms with E-state index in [9.17, 15) is 5.11 Å². The van der Waals surface area contributed by atoms with Gasteiger partial charge < -0.3 is 20.5 Å². The van der Waals surface area contributed by atoms with E-state index in [-0.39, 0.29) is 12.7 Å². The summed E-state index contributed by atoms with van der Waals surface area (Å²) in [4.78, 5) is 8.93. The summed E-state index contributed by atoms with van der Waals surface area (Å²) in [5, 5.41) is 17.2. The van der Waals surface area contributed by atoms with E-state index in [4.69, 9.17) is 22.1 Å². The smallest absolute Gasteiger partial charge is 0.246 e. The first-order chi connectivity index (χ1) is 13.6. The Morgan fingerprint density at radius 2 is 2.00 bits per heavy atom. The second kappa shape index (κ2) is 8.65. The van der Waals surface area contributed by atoms with E-state index in [1.54, 1.807) is 0 Å². The van der Waals surface area contributed by atoms with Gasteiger partial charge in [-0.15, -0.1) is 5.10 Å². The second-order valence-corrected chi connectivity index (χ2v) is 7.99. The maximum absolute atomic E-state index is 9.60. The number of aromatic amines is 1. The van der Waals surface area contributed by atoms with Crippen molar-refractivity contribution >= 4 is 23.5 Å². The number of H-pyrrole nitrogens is 1. The molecule has 0 spiro atoms. The molecule has 4 rings (SSSR count). The molecule has 2 aliphatic rings. The number of aliphatic hydroxyl groups excluding tert-OH is 1. The SMILES string of the molecule is Nc1nc(N2CCC(N3CC(CO)OCC3Cc3ccc(Cl)cc3)CC2)n[nH]1. The number of nitrogens with zero attached hydrogens (tertiary/aromatic N) is 4. The van der Waals surface area contributed by atoms with E-state index in [0.717, 1.165) is 43.9 Å². The molecule has 1 aromatic carbocycles. The zero-order valence-electron chi connectivity index (χ0n) is 15.8. The highest BCUT2D eigenvalue weighted by atomic mass is 35.5. The van der Waals surface area contributed by atoms with E-state index in [2.05, 4.69) is 37.1 Å². The van der Waals surface area contributed by atoms with E-state index < -0.39 is 0 Å². The van der Waals surface area contributed by atoms with Gasteiger partial charge in [-0.25, -0.2) is 5.10 Å². The highest BCUT2D eigenvalue weighted by Gasteiger charge is 2.35. The van der Waals surface area contributed by atoms with Crippen LogP contribution in [0.15, 0.2) is 24.3 Å². The zero-order valence-corrected chi connectivity index (χ0v) is 16.6. The van der Waals surface area contributed by atoms with Gasteiger partial charge in [0.15, 0.2) is 0 Å². The van der Waals surface area contributed by atoms with Crippen molar-refractivity contribution < 1.29 is 9.84 Å². The average Bonchev–Trinajstić information content (AvgIpc) is 3.16. The Morgan fingerprint density at radius 1 is 1.25 bits per heavy atom. The molecular formula is C19H27ClN6O2. The number of piperidine rings is 1. The van der Waals surface area contributed by atoms with Crippen LogP contribution in [0.5, 0.6) is 0 Å². The van der Waals surface area contributed by atoms with Gasteiger partial charge in [-0.3, -0.25) is 4.90 Å². The first-order valence-corrected chi connectivity index (χ1v) is 10.2. The number of hydrogen-bond acceptors (Lipinski definition) is 7. The van der Waals surface area contributed by atoms with E-state index >= 15 is 0 Å². The minimum atomic E-state index is -0.118. The molecule has 2 unspecified atom stereocenters. The Kier molecular flexibility index (Phi) is 6.01. The third-order valence-corrected chi connectivity index (χ3v) is 5.96. The molecule has 2 fully saturated rings. The molecule has 0 aliphatic carbocycles. The predicted octanol–water partition coefficient (Wildman–Crippen LogP) is 1.31. The van der Waals surface area contributed by atoms with Gasteiger partial charge in [0.1, 0.15) is 0 Å². The van der Waals surface area contributed by atoms with Crippen LogP contribution < -0.4 is 10.6 Å². The number of nitrogens with one attached hydrogen (secondary N) is 1. The van der Waals surface area contributed by atoms with Crippen molar-refractivity contribution in [3.63, 3.8) is 0 Å². The molecule has 1 aromatic heterocycles. The molecule has 0 amide bonds. The molecule has 2 saturated heterocycles. The molecule has 0 bridgehead atoms. The monoisotopic (exact) mass is 406 g/mol. The molecule has 9 heteroatoms. The quantitative estimate of drug-likeness (QED) is 0.687. The molecule has 2 aromatic rings. The summed E-state index contributed by atoms with van der Waals surface area (Å²) in [6.45, 7) is 3.21. The summed E-state index contributed by atoms with van der Waals surface area (Å²) >= 11 is 6.02. The average molecular weight is 407 g/mol. The molecule has 8 nitrogen and oxygen atoms in total. The number of anilines is 2. The highest BCUT2D eigenvalue weighted by molar-refractivity contribution is 6.30. The van der Waals surface area contributed by atoms with Crippen LogP contribution in [0.2, 0.25) is 5.02 Å². The summed E-state index contributed by atoms with van der Waals surface area (Å²) in [5.74, 6) is 1.02. The van der Waals surface area contributed by atoms with Crippen LogP contribution in [0, 0.1) is 0 Å². The second-order valence-electron chi connectivity index (χ2n) is 7.56. The lowest BCUT2D eigenvalue weighted by molar-refractivity contribution is -0.0979. The molecule has 2 atom stereocenters. The lowest BCUT2D eigenvalue weighted by Gasteiger charge is -2.46. The maximum Gasteiger partial charge on any atom is 0.246 e. The minimum absolute atomic E-state index is 0.0550. The van der Waals surface area contributed by atoms with Gasteiger partial charge in [-0.05, 0) is 37.0 Å². The van der Waals surface area contributed by atoms with Gasteiger partial charge in [-0.2, -0.15) is 4.98 Å². The first-order valence-electron chi connectivity index (χ1n) is 9.78. The van der Waals surface area contributed by atoms with Crippen LogP contribution in [0.25, 0.3) is 0 Å². The molecule has 2 aliphatic heterocycles. The number of morpholine rings is 1. The number of rotatable bonds is 5. The first kappa shape index (κ1) is 19.4. The van der Waals surface area contributed by atoms with Crippen LogP contribution in [0.4, 0.5) is 11.9 Å². The minimum Gasteiger partial charge on any atom is -0.394 e. The lowest BCUT2D eigenvalue weighted by Crippen LogP contribution is -2.57. The maximum atomic E-state index is 9.60. The van der Waals surface area contributed by atoms with Crippen LogP contribution in [0.3, 0.4) is 0 Å². The van der Waals surface area contributed by atoms with Crippen molar-refractivity contribution in [2.75, 3.05) is 43.5 Å². The number of nitrogen functional groups attached to an aromatic ring is 1. The van der Waals surface area contributed by atoms with E-state index in [1.807, 2.05) is 12.1 Å². The molecule has 3 heterocycles. The van der Waals surface area contributed by atoms with E-state index in [1.165, 1.54) is 5.56 Å². The number of halogens is 1. The largest absolute Gasteiger partial charge is 0.394 e. The van der Waals surface area contributed by atoms with Gasteiger partial charge >= 0.3 is 0 Å². The van der Waals surface area contributed by atoms with Gasteiger partial charge in [0.05, 0.1) is 19.3 Å². The van der Waals surface area contributed by atoms with Crippen molar-refractivity contribution in [2.45, 2.75) is 37.5 Å². The van der Waals surface area contributed by atoms with Crippen LogP contribution >= 0.6 is 11.6 Å². The Bertz CT molecular complexity index is 762. The van der Waals surface area contributed by atoms with E-state index in [0.29, 0.717) is 30.6 Å². The Hall–Kier alpha value is -1.87. The van der Waals surface area contributed by atoms with Crippen molar-refractivity contribution in [3.05, 3.63) is 34.9 Å². The predicted molar refractivity (Wildman–Crippen MR) is 109 cm³/mol. The summed E-state index contributed by atoms with van der Waals surface area (Å²) in [6.07, 6.45) is 2.83. The van der Waals surface area contributed by atoms with Crippen LogP contribution in [0.1, 0.15) is 18.4 Å². The third kappa shape index (κ3) is 4.41. The summed E-state index contributed by atoms with van der Waals surface area (Å²) in [6, 6.07) is 8.76. The molecule has 4 N–H and O–H groups in total. The van der Waals surface area contributed by atoms with Gasteiger partial charge in [0, 0.05) is 36.7 Å². The number of ether oxygens (including phenoxy) is 1. The Balaban J connectivity index is 1.42. The van der Waals surface area contributed by atoms with Gasteiger partial charge in [0.25, 0.3) is 0 Å². The summed E-state index contributed by atoms with van der Waals surface area (Å²) < 4.78 is 5.88. The summed E-state index contributed by atoms with van der Waals surface area (Å²) in [5.41, 5.74) is 6.90. The fraction of sp³-hybridized carbons (Fsp3) is 0.579. The molecular weight excluding hydrogens is 380 g/mol. The normalized spacial score (nSPS) is 24.6. The van der Waals surface area contributed by atoms with Gasteiger partial charge in [0.2, 0.25) is 11.9 Å². The topological polar surface area (TPSA) is 104 Å². The van der Waals surface area contributed by atoms with Crippen LogP contribution in [-0.4, -0.2) is 76.2 Å². The fourth-order valence-electron chi connectivity index (χ4n) is 4.21. The molecule has 28 heavy (non-hydrogen) atoms. The number of aromatic nitrogens is 3. The fourth-order valence-corrected chi connectivity index (χ4v) is 4.34. The molecule has 152 valence electrons. The summed E-state index contributed by atoms with van der Waals surface area (Å²) in [7, 11) is 0. The number of hydrogen-bond donors (Lipinski definition) is 3. The number of nitrogens with two attached hydrogens (primary N) is 1. The molecule has 0 radical (unpaired) electrons. The van der Waals surface area contributed by atoms with Crippen molar-refractivity contribution in [1.29, 1.82) is 0 Å². The number of benzene rings is 1. The van der Waals surface area contributed by atoms with Crippen molar-refractivity contribution in [1.82, 2.24) is 20.1 Å².